The summed E-state index contributed by atoms with van der Waals surface area (Å²) in [5.41, 5.74) is 2.55. The van der Waals surface area contributed by atoms with Crippen LogP contribution >= 0.6 is 0 Å². The van der Waals surface area contributed by atoms with Crippen molar-refractivity contribution in [3.05, 3.63) is 47.6 Å². The fourth-order valence-corrected chi connectivity index (χ4v) is 1.03. The molecule has 0 heterocycles. The van der Waals surface area contributed by atoms with Gasteiger partial charge in [0.15, 0.2) is 0 Å². The van der Waals surface area contributed by atoms with E-state index in [2.05, 4.69) is 54.5 Å². The van der Waals surface area contributed by atoms with E-state index in [0.717, 1.165) is 12.8 Å². The molecule has 0 bridgehead atoms. The van der Waals surface area contributed by atoms with Crippen molar-refractivity contribution in [2.24, 2.45) is 0 Å². The molecule has 0 aromatic rings. The molecule has 0 saturated heterocycles. The van der Waals surface area contributed by atoms with Gasteiger partial charge in [0.1, 0.15) is 0 Å². The molecule has 0 spiro atoms. The average molecular weight is 334 g/mol. The minimum Gasteiger partial charge on any atom is -1.00 e. The van der Waals surface area contributed by atoms with E-state index in [-0.39, 0.29) is 24.8 Å². The zero-order valence-electron chi connectivity index (χ0n) is 9.69. The second-order valence-electron chi connectivity index (χ2n) is 2.93. The van der Waals surface area contributed by atoms with E-state index >= 15 is 0 Å². The van der Waals surface area contributed by atoms with Gasteiger partial charge < -0.3 is 24.8 Å². The molecule has 0 radical (unpaired) electrons. The van der Waals surface area contributed by atoms with Gasteiger partial charge in [-0.05, 0) is 0 Å². The molecule has 2 aliphatic carbocycles. The first-order valence-electron chi connectivity index (χ1n) is 4.62. The molecule has 0 amide bonds. The molecule has 0 nitrogen and oxygen atoms in total. The van der Waals surface area contributed by atoms with E-state index < -0.39 is 0 Å². The molecule has 0 aromatic heterocycles. The Morgan fingerprint density at radius 3 is 1.31 bits per heavy atom. The first kappa shape index (κ1) is 21.6. The summed E-state index contributed by atoms with van der Waals surface area (Å²) < 4.78 is 3.34. The van der Waals surface area contributed by atoms with Gasteiger partial charge >= 0.3 is 28.4 Å². The summed E-state index contributed by atoms with van der Waals surface area (Å²) in [4.78, 5) is 0. The van der Waals surface area contributed by atoms with Crippen molar-refractivity contribution < 1.29 is 49.0 Å². The van der Waals surface area contributed by atoms with E-state index in [0.29, 0.717) is 0 Å². The Balaban J connectivity index is -0.000000165. The summed E-state index contributed by atoms with van der Waals surface area (Å²) in [5, 5.41) is 0. The molecule has 88 valence electrons. The quantitative estimate of drug-likeness (QED) is 0.425. The molecular weight excluding hydrogens is 318 g/mol. The zero-order valence-corrected chi connectivity index (χ0v) is 13.7. The molecular formula is C13H16Cl2Zr-2. The third kappa shape index (κ3) is 12.4. The molecule has 0 aromatic carbocycles. The van der Waals surface area contributed by atoms with Gasteiger partial charge in [0, 0.05) is 0 Å². The van der Waals surface area contributed by atoms with Crippen LogP contribution in [-0.4, -0.2) is 4.21 Å². The molecule has 0 saturated carbocycles. The van der Waals surface area contributed by atoms with Crippen LogP contribution in [0.25, 0.3) is 0 Å². The third-order valence-corrected chi connectivity index (χ3v) is 1.73. The van der Waals surface area contributed by atoms with Gasteiger partial charge in [0.05, 0.1) is 0 Å². The minimum atomic E-state index is 0. The number of hydrogen-bond acceptors (Lipinski definition) is 0. The summed E-state index contributed by atoms with van der Waals surface area (Å²) in [7, 11) is 0. The van der Waals surface area contributed by atoms with E-state index in [1.807, 2.05) is 0 Å². The number of allylic oxidation sites excluding steroid dienone is 8. The van der Waals surface area contributed by atoms with Gasteiger partial charge in [0.2, 0.25) is 0 Å². The van der Waals surface area contributed by atoms with Crippen LogP contribution in [-0.2, 0) is 24.2 Å². The second-order valence-corrected chi connectivity index (χ2v) is 2.93. The standard InChI is InChI=1S/2C6H7.CH2.2ClH.Zr/c2*1-6-4-2-3-5-6;;;;/h2*2,4H,3H2,1H3;1H2;2*1H;/q2*-1;;;;+2/p-2. The summed E-state index contributed by atoms with van der Waals surface area (Å²) in [5.74, 6) is 0. The van der Waals surface area contributed by atoms with Crippen molar-refractivity contribution in [2.75, 3.05) is 0 Å². The van der Waals surface area contributed by atoms with Crippen molar-refractivity contribution in [3.8, 4) is 0 Å². The van der Waals surface area contributed by atoms with Crippen LogP contribution in [0.5, 0.6) is 0 Å². The van der Waals surface area contributed by atoms with Crippen LogP contribution in [0, 0.1) is 12.2 Å². The van der Waals surface area contributed by atoms with Crippen LogP contribution in [0.4, 0.5) is 0 Å². The number of rotatable bonds is 0. The molecule has 0 unspecified atom stereocenters. The van der Waals surface area contributed by atoms with Crippen LogP contribution in [0.15, 0.2) is 35.5 Å². The fourth-order valence-electron chi connectivity index (χ4n) is 1.03. The summed E-state index contributed by atoms with van der Waals surface area (Å²) >= 11 is 1.30. The number of hydrogen-bond donors (Lipinski definition) is 0. The van der Waals surface area contributed by atoms with Crippen molar-refractivity contribution in [1.29, 1.82) is 0 Å². The molecule has 0 fully saturated rings. The normalized spacial score (nSPS) is 14.2. The average Bonchev–Trinajstić information content (AvgIpc) is 2.83. The van der Waals surface area contributed by atoms with E-state index in [4.69, 9.17) is 0 Å². The SMILES string of the molecule is CC1=[C-]CC=C1.CC1=[C-]CC=C1.[CH2]=[Zr+2].[Cl-].[Cl-]. The van der Waals surface area contributed by atoms with Gasteiger partial charge in [-0.15, -0.1) is 12.8 Å². The zero-order chi connectivity index (χ0) is 10.8. The van der Waals surface area contributed by atoms with E-state index in [9.17, 15) is 0 Å². The Morgan fingerprint density at radius 1 is 0.938 bits per heavy atom. The maximum absolute atomic E-state index is 3.34. The predicted molar refractivity (Wildman–Crippen MR) is 59.5 cm³/mol. The maximum Gasteiger partial charge on any atom is -1.00 e. The molecule has 0 atom stereocenters. The molecule has 0 aliphatic heterocycles. The monoisotopic (exact) mass is 332 g/mol. The van der Waals surface area contributed by atoms with Crippen LogP contribution in [0.3, 0.4) is 0 Å². The predicted octanol–water partition coefficient (Wildman–Crippen LogP) is -2.64. The Hall–Kier alpha value is 0.293. The molecule has 0 N–H and O–H groups in total. The Labute approximate surface area is 127 Å². The fraction of sp³-hybridized carbons (Fsp3) is 0.308. The van der Waals surface area contributed by atoms with Crippen LogP contribution in [0.2, 0.25) is 0 Å². The molecule has 3 heteroatoms. The van der Waals surface area contributed by atoms with Gasteiger partial charge in [-0.25, -0.2) is 23.3 Å². The number of halogens is 2. The van der Waals surface area contributed by atoms with E-state index in [1.165, 1.54) is 35.4 Å². The third-order valence-electron chi connectivity index (χ3n) is 1.73. The minimum absolute atomic E-state index is 0. The molecule has 2 rings (SSSR count). The summed E-state index contributed by atoms with van der Waals surface area (Å²) in [6.45, 7) is 4.12. The largest absolute Gasteiger partial charge is 1.00 e. The summed E-state index contributed by atoms with van der Waals surface area (Å²) in [6, 6.07) is 0. The maximum atomic E-state index is 3.34. The summed E-state index contributed by atoms with van der Waals surface area (Å²) in [6.07, 6.45) is 16.7. The van der Waals surface area contributed by atoms with Crippen molar-refractivity contribution in [3.63, 3.8) is 0 Å². The smallest absolute Gasteiger partial charge is 1.00 e. The van der Waals surface area contributed by atoms with Gasteiger partial charge in [-0.1, -0.05) is 13.8 Å². The van der Waals surface area contributed by atoms with Crippen molar-refractivity contribution in [2.45, 2.75) is 26.7 Å². The van der Waals surface area contributed by atoms with E-state index in [1.54, 1.807) is 0 Å². The van der Waals surface area contributed by atoms with Crippen molar-refractivity contribution >= 4 is 4.21 Å². The van der Waals surface area contributed by atoms with Crippen LogP contribution in [0.1, 0.15) is 26.7 Å². The first-order valence-corrected chi connectivity index (χ1v) is 6.36. The van der Waals surface area contributed by atoms with Crippen molar-refractivity contribution in [1.82, 2.24) is 0 Å². The Kier molecular flexibility index (Phi) is 20.6. The Bertz CT molecular complexity index is 242. The van der Waals surface area contributed by atoms with Gasteiger partial charge in [0.25, 0.3) is 0 Å². The topological polar surface area (TPSA) is 0 Å². The molecule has 2 aliphatic rings. The van der Waals surface area contributed by atoms with Gasteiger partial charge in [-0.3, -0.25) is 12.2 Å². The van der Waals surface area contributed by atoms with Crippen LogP contribution < -0.4 is 24.8 Å². The molecule has 16 heavy (non-hydrogen) atoms. The van der Waals surface area contributed by atoms with Gasteiger partial charge in [-0.2, -0.15) is 12.2 Å². The first-order chi connectivity index (χ1) is 6.79. The Morgan fingerprint density at radius 2 is 1.25 bits per heavy atom. The second kappa shape index (κ2) is 15.3.